The van der Waals surface area contributed by atoms with Crippen LogP contribution in [0.3, 0.4) is 0 Å². The second-order valence-electron chi connectivity index (χ2n) is 6.97. The standard InChI is InChI=1S/C21H19ClN4O2S/c1-11-8-18-15(10-14(11)20(23)27)19(6-7-24-18)28-13-4-5-17(16(22)9-13)26-21(29)25-12-2-3-12/h4-10,12H,2-3H2,1H3,(H2,23,27)(H2,25,26,29). The number of amides is 1. The zero-order chi connectivity index (χ0) is 20.5. The topological polar surface area (TPSA) is 89.3 Å². The average Bonchev–Trinajstić information content (AvgIpc) is 3.47. The number of nitrogens with two attached hydrogens (primary N) is 1. The summed E-state index contributed by atoms with van der Waals surface area (Å²) in [5.74, 6) is 0.615. The quantitative estimate of drug-likeness (QED) is 0.519. The van der Waals surface area contributed by atoms with Crippen molar-refractivity contribution in [3.05, 3.63) is 58.7 Å². The molecule has 1 aliphatic rings. The summed E-state index contributed by atoms with van der Waals surface area (Å²) in [6, 6.07) is 11.0. The molecule has 29 heavy (non-hydrogen) atoms. The monoisotopic (exact) mass is 426 g/mol. The van der Waals surface area contributed by atoms with E-state index < -0.39 is 5.91 Å². The van der Waals surface area contributed by atoms with Gasteiger partial charge in [0.2, 0.25) is 5.91 Å². The van der Waals surface area contributed by atoms with Crippen molar-refractivity contribution in [2.75, 3.05) is 5.32 Å². The fourth-order valence-electron chi connectivity index (χ4n) is 2.99. The first kappa shape index (κ1) is 19.4. The molecule has 1 amide bonds. The van der Waals surface area contributed by atoms with Crippen molar-refractivity contribution in [2.24, 2.45) is 5.73 Å². The molecule has 0 bridgehead atoms. The van der Waals surface area contributed by atoms with Crippen molar-refractivity contribution in [2.45, 2.75) is 25.8 Å². The molecule has 0 atom stereocenters. The SMILES string of the molecule is Cc1cc2nccc(Oc3ccc(NC(=S)NC4CC4)c(Cl)c3)c2cc1C(N)=O. The van der Waals surface area contributed by atoms with Gasteiger partial charge in [0.1, 0.15) is 11.5 Å². The van der Waals surface area contributed by atoms with E-state index in [-0.39, 0.29) is 0 Å². The Bertz CT molecular complexity index is 1130. The van der Waals surface area contributed by atoms with Gasteiger partial charge in [-0.25, -0.2) is 0 Å². The number of carbonyl (C=O) groups excluding carboxylic acids is 1. The number of nitrogens with zero attached hydrogens (tertiary/aromatic N) is 1. The molecule has 1 fully saturated rings. The van der Waals surface area contributed by atoms with Crippen LogP contribution in [-0.4, -0.2) is 22.0 Å². The van der Waals surface area contributed by atoms with Crippen LogP contribution in [0.25, 0.3) is 10.9 Å². The van der Waals surface area contributed by atoms with E-state index in [9.17, 15) is 4.79 Å². The molecule has 6 nitrogen and oxygen atoms in total. The van der Waals surface area contributed by atoms with Crippen LogP contribution in [0.1, 0.15) is 28.8 Å². The fourth-order valence-corrected chi connectivity index (χ4v) is 3.48. The molecule has 0 radical (unpaired) electrons. The van der Waals surface area contributed by atoms with Crippen molar-refractivity contribution in [3.63, 3.8) is 0 Å². The van der Waals surface area contributed by atoms with Gasteiger partial charge in [-0.2, -0.15) is 0 Å². The van der Waals surface area contributed by atoms with Crippen LogP contribution in [-0.2, 0) is 0 Å². The van der Waals surface area contributed by atoms with Crippen LogP contribution < -0.4 is 21.1 Å². The van der Waals surface area contributed by atoms with Gasteiger partial charge in [0.25, 0.3) is 0 Å². The number of ether oxygens (including phenoxy) is 1. The maximum Gasteiger partial charge on any atom is 0.248 e. The van der Waals surface area contributed by atoms with E-state index in [2.05, 4.69) is 15.6 Å². The van der Waals surface area contributed by atoms with E-state index in [0.29, 0.717) is 49.8 Å². The molecule has 0 spiro atoms. The summed E-state index contributed by atoms with van der Waals surface area (Å²) in [6.07, 6.45) is 3.93. The normalized spacial score (nSPS) is 13.2. The van der Waals surface area contributed by atoms with Gasteiger partial charge < -0.3 is 21.1 Å². The molecule has 1 aromatic heterocycles. The van der Waals surface area contributed by atoms with Gasteiger partial charge in [-0.15, -0.1) is 0 Å². The summed E-state index contributed by atoms with van der Waals surface area (Å²) < 4.78 is 6.03. The number of anilines is 1. The van der Waals surface area contributed by atoms with E-state index in [1.54, 1.807) is 36.5 Å². The number of hydrogen-bond acceptors (Lipinski definition) is 4. The Hall–Kier alpha value is -2.90. The maximum atomic E-state index is 11.7. The number of nitrogens with one attached hydrogen (secondary N) is 2. The number of primary amides is 1. The van der Waals surface area contributed by atoms with Gasteiger partial charge in [0.05, 0.1) is 16.2 Å². The third kappa shape index (κ3) is 4.41. The summed E-state index contributed by atoms with van der Waals surface area (Å²) in [5, 5.41) is 8.04. The van der Waals surface area contributed by atoms with E-state index in [4.69, 9.17) is 34.3 Å². The van der Waals surface area contributed by atoms with Gasteiger partial charge in [0, 0.05) is 29.3 Å². The van der Waals surface area contributed by atoms with Crippen LogP contribution in [0.4, 0.5) is 5.69 Å². The Kier molecular flexibility index (Phi) is 5.25. The highest BCUT2D eigenvalue weighted by Gasteiger charge is 2.22. The Morgan fingerprint density at radius 3 is 2.76 bits per heavy atom. The van der Waals surface area contributed by atoms with Crippen LogP contribution in [0.15, 0.2) is 42.6 Å². The molecule has 2 aromatic carbocycles. The number of aromatic nitrogens is 1. The molecule has 4 N–H and O–H groups in total. The predicted molar refractivity (Wildman–Crippen MR) is 119 cm³/mol. The molecule has 0 unspecified atom stereocenters. The zero-order valence-electron chi connectivity index (χ0n) is 15.7. The third-order valence-corrected chi connectivity index (χ3v) is 5.17. The number of halogens is 1. The number of thiocarbonyl (C=S) groups is 1. The van der Waals surface area contributed by atoms with Crippen molar-refractivity contribution < 1.29 is 9.53 Å². The smallest absolute Gasteiger partial charge is 0.248 e. The molecule has 1 aliphatic carbocycles. The Morgan fingerprint density at radius 2 is 2.07 bits per heavy atom. The van der Waals surface area contributed by atoms with Gasteiger partial charge in [-0.3, -0.25) is 9.78 Å². The van der Waals surface area contributed by atoms with Gasteiger partial charge in [-0.1, -0.05) is 11.6 Å². The number of benzene rings is 2. The number of aryl methyl sites for hydroxylation is 1. The summed E-state index contributed by atoms with van der Waals surface area (Å²) in [7, 11) is 0. The predicted octanol–water partition coefficient (Wildman–Crippen LogP) is 4.54. The van der Waals surface area contributed by atoms with Crippen molar-refractivity contribution in [1.29, 1.82) is 0 Å². The molecule has 1 heterocycles. The minimum Gasteiger partial charge on any atom is -0.457 e. The Balaban J connectivity index is 1.59. The molecular formula is C21H19ClN4O2S. The lowest BCUT2D eigenvalue weighted by atomic mass is 10.0. The highest BCUT2D eigenvalue weighted by atomic mass is 35.5. The largest absolute Gasteiger partial charge is 0.457 e. The van der Waals surface area contributed by atoms with Crippen LogP contribution in [0.2, 0.25) is 5.02 Å². The maximum absolute atomic E-state index is 11.7. The zero-order valence-corrected chi connectivity index (χ0v) is 17.2. The summed E-state index contributed by atoms with van der Waals surface area (Å²) in [6.45, 7) is 1.82. The molecular weight excluding hydrogens is 408 g/mol. The number of pyridine rings is 1. The fraction of sp³-hybridized carbons (Fsp3) is 0.190. The minimum atomic E-state index is -0.492. The molecule has 0 saturated heterocycles. The highest BCUT2D eigenvalue weighted by Crippen LogP contribution is 2.34. The summed E-state index contributed by atoms with van der Waals surface area (Å²) >= 11 is 11.7. The van der Waals surface area contributed by atoms with Crippen LogP contribution >= 0.6 is 23.8 Å². The van der Waals surface area contributed by atoms with E-state index in [1.165, 1.54) is 0 Å². The van der Waals surface area contributed by atoms with Gasteiger partial charge >= 0.3 is 0 Å². The van der Waals surface area contributed by atoms with Gasteiger partial charge in [-0.05, 0) is 67.9 Å². The second-order valence-corrected chi connectivity index (χ2v) is 7.79. The number of carbonyl (C=O) groups is 1. The second kappa shape index (κ2) is 7.85. The van der Waals surface area contributed by atoms with Crippen LogP contribution in [0.5, 0.6) is 11.5 Å². The summed E-state index contributed by atoms with van der Waals surface area (Å²) in [4.78, 5) is 16.0. The van der Waals surface area contributed by atoms with Crippen LogP contribution in [0, 0.1) is 6.92 Å². The molecule has 0 aliphatic heterocycles. The van der Waals surface area contributed by atoms with E-state index in [0.717, 1.165) is 18.4 Å². The number of fused-ring (bicyclic) bond motifs is 1. The first-order valence-corrected chi connectivity index (χ1v) is 9.93. The lowest BCUT2D eigenvalue weighted by Gasteiger charge is -2.14. The van der Waals surface area contributed by atoms with Crippen molar-refractivity contribution in [1.82, 2.24) is 10.3 Å². The number of hydrogen-bond donors (Lipinski definition) is 3. The lowest BCUT2D eigenvalue weighted by Crippen LogP contribution is -2.30. The molecule has 148 valence electrons. The molecule has 1 saturated carbocycles. The Morgan fingerprint density at radius 1 is 1.28 bits per heavy atom. The molecule has 3 aromatic rings. The lowest BCUT2D eigenvalue weighted by molar-refractivity contribution is 0.1000. The van der Waals surface area contributed by atoms with E-state index in [1.807, 2.05) is 13.0 Å². The minimum absolute atomic E-state index is 0.435. The first-order chi connectivity index (χ1) is 13.9. The van der Waals surface area contributed by atoms with E-state index >= 15 is 0 Å². The summed E-state index contributed by atoms with van der Waals surface area (Å²) in [5.41, 5.74) is 8.09. The van der Waals surface area contributed by atoms with Gasteiger partial charge in [0.15, 0.2) is 5.11 Å². The molecule has 4 rings (SSSR count). The number of rotatable bonds is 5. The average molecular weight is 427 g/mol. The molecule has 8 heteroatoms. The highest BCUT2D eigenvalue weighted by molar-refractivity contribution is 7.80. The van der Waals surface area contributed by atoms with Crippen molar-refractivity contribution >= 4 is 51.4 Å². The van der Waals surface area contributed by atoms with Crippen molar-refractivity contribution in [3.8, 4) is 11.5 Å². The first-order valence-electron chi connectivity index (χ1n) is 9.15. The Labute approximate surface area is 178 Å². The third-order valence-electron chi connectivity index (χ3n) is 4.64.